The van der Waals surface area contributed by atoms with Crippen molar-refractivity contribution >= 4 is 12.0 Å². The molecule has 0 spiro atoms. The average molecular weight is 294 g/mol. The van der Waals surface area contributed by atoms with Gasteiger partial charge in [0.25, 0.3) is 0 Å². The van der Waals surface area contributed by atoms with E-state index in [0.29, 0.717) is 13.1 Å². The van der Waals surface area contributed by atoms with Crippen LogP contribution >= 0.6 is 0 Å². The van der Waals surface area contributed by atoms with Crippen molar-refractivity contribution in [2.24, 2.45) is 12.5 Å². The van der Waals surface area contributed by atoms with Gasteiger partial charge < -0.3 is 15.3 Å². The van der Waals surface area contributed by atoms with Crippen molar-refractivity contribution in [3.8, 4) is 0 Å². The number of piperidine rings is 1. The van der Waals surface area contributed by atoms with Crippen LogP contribution in [0.5, 0.6) is 0 Å². The number of hydrogen-bond acceptors (Lipinski definition) is 3. The van der Waals surface area contributed by atoms with Crippen LogP contribution in [-0.2, 0) is 18.4 Å². The van der Waals surface area contributed by atoms with Gasteiger partial charge in [0, 0.05) is 19.8 Å². The fourth-order valence-electron chi connectivity index (χ4n) is 2.92. The van der Waals surface area contributed by atoms with Gasteiger partial charge in [0.15, 0.2) is 0 Å². The molecule has 2 N–H and O–H groups in total. The lowest BCUT2D eigenvalue weighted by Crippen LogP contribution is -2.58. The largest absolute Gasteiger partial charge is 0.480 e. The second kappa shape index (κ2) is 5.75. The molecular formula is C14H22N4O3. The smallest absolute Gasteiger partial charge is 0.327 e. The summed E-state index contributed by atoms with van der Waals surface area (Å²) in [6.07, 6.45) is 3.27. The second-order valence-corrected chi connectivity index (χ2v) is 6.13. The van der Waals surface area contributed by atoms with Gasteiger partial charge in [-0.05, 0) is 24.3 Å². The molecule has 0 saturated carbocycles. The third-order valence-electron chi connectivity index (χ3n) is 4.11. The number of carboxylic acids is 1. The summed E-state index contributed by atoms with van der Waals surface area (Å²) in [5, 5.41) is 16.3. The maximum atomic E-state index is 12.3. The number of likely N-dealkylation sites (tertiary alicyclic amines) is 1. The molecule has 1 aromatic rings. The fraction of sp³-hybridized carbons (Fsp3) is 0.643. The maximum Gasteiger partial charge on any atom is 0.327 e. The summed E-state index contributed by atoms with van der Waals surface area (Å²) in [5.41, 5.74) is 0.444. The van der Waals surface area contributed by atoms with Crippen molar-refractivity contribution in [2.75, 3.05) is 6.54 Å². The topological polar surface area (TPSA) is 87.5 Å². The molecule has 2 amide bonds. The summed E-state index contributed by atoms with van der Waals surface area (Å²) in [5.74, 6) is -0.949. The first-order chi connectivity index (χ1) is 9.83. The number of carbonyl (C=O) groups excluding carboxylic acids is 1. The van der Waals surface area contributed by atoms with Crippen LogP contribution in [0.3, 0.4) is 0 Å². The van der Waals surface area contributed by atoms with E-state index in [9.17, 15) is 14.7 Å². The lowest BCUT2D eigenvalue weighted by atomic mass is 9.76. The Balaban J connectivity index is 2.06. The first kappa shape index (κ1) is 15.3. The van der Waals surface area contributed by atoms with E-state index in [4.69, 9.17) is 0 Å². The first-order valence-electron chi connectivity index (χ1n) is 7.07. The number of hydrogen-bond donors (Lipinski definition) is 2. The molecule has 2 rings (SSSR count). The minimum Gasteiger partial charge on any atom is -0.480 e. The van der Waals surface area contributed by atoms with Crippen molar-refractivity contribution < 1.29 is 14.7 Å². The molecule has 116 valence electrons. The van der Waals surface area contributed by atoms with Crippen LogP contribution in [-0.4, -0.2) is 44.4 Å². The Labute approximate surface area is 123 Å². The number of amides is 2. The fourth-order valence-corrected chi connectivity index (χ4v) is 2.92. The van der Waals surface area contributed by atoms with Gasteiger partial charge in [0.1, 0.15) is 6.04 Å². The molecule has 1 unspecified atom stereocenters. The van der Waals surface area contributed by atoms with Crippen molar-refractivity contribution in [3.63, 3.8) is 0 Å². The zero-order valence-electron chi connectivity index (χ0n) is 12.7. The van der Waals surface area contributed by atoms with Gasteiger partial charge in [-0.1, -0.05) is 13.8 Å². The van der Waals surface area contributed by atoms with Gasteiger partial charge in [-0.3, -0.25) is 4.68 Å². The molecule has 0 aromatic carbocycles. The van der Waals surface area contributed by atoms with E-state index < -0.39 is 17.4 Å². The van der Waals surface area contributed by atoms with Crippen LogP contribution in [0.4, 0.5) is 4.79 Å². The molecule has 21 heavy (non-hydrogen) atoms. The molecule has 7 nitrogen and oxygen atoms in total. The van der Waals surface area contributed by atoms with Crippen molar-refractivity contribution in [1.82, 2.24) is 20.0 Å². The van der Waals surface area contributed by atoms with E-state index in [1.807, 2.05) is 19.9 Å². The minimum absolute atomic E-state index is 0.332. The van der Waals surface area contributed by atoms with Crippen LogP contribution in [0.1, 0.15) is 32.4 Å². The third-order valence-corrected chi connectivity index (χ3v) is 4.11. The van der Waals surface area contributed by atoms with Gasteiger partial charge in [-0.15, -0.1) is 0 Å². The van der Waals surface area contributed by atoms with Crippen molar-refractivity contribution in [1.29, 1.82) is 0 Å². The van der Waals surface area contributed by atoms with E-state index in [1.165, 1.54) is 4.90 Å². The van der Waals surface area contributed by atoms with E-state index >= 15 is 0 Å². The predicted molar refractivity (Wildman–Crippen MR) is 76.6 cm³/mol. The Morgan fingerprint density at radius 1 is 1.52 bits per heavy atom. The number of carbonyl (C=O) groups is 2. The number of carboxylic acid groups (broad SMARTS) is 1. The monoisotopic (exact) mass is 294 g/mol. The quantitative estimate of drug-likeness (QED) is 0.877. The molecule has 1 fully saturated rings. The molecule has 0 radical (unpaired) electrons. The molecule has 1 aromatic heterocycles. The number of rotatable bonds is 3. The highest BCUT2D eigenvalue weighted by Gasteiger charge is 2.44. The van der Waals surface area contributed by atoms with Crippen molar-refractivity contribution in [3.05, 3.63) is 18.0 Å². The van der Waals surface area contributed by atoms with Crippen LogP contribution in [0, 0.1) is 5.41 Å². The van der Waals surface area contributed by atoms with Gasteiger partial charge in [-0.2, -0.15) is 5.10 Å². The highest BCUT2D eigenvalue weighted by atomic mass is 16.4. The molecule has 0 aliphatic carbocycles. The Morgan fingerprint density at radius 3 is 2.81 bits per heavy atom. The normalized spacial score (nSPS) is 21.1. The standard InChI is InChI=1S/C14H22N4O3/c1-14(2)6-4-8-18(11(14)12(19)20)13(21)15-9-10-5-7-16-17(10)3/h5,7,11H,4,6,8-9H2,1-3H3,(H,15,21)(H,19,20). The summed E-state index contributed by atoms with van der Waals surface area (Å²) in [7, 11) is 1.80. The van der Waals surface area contributed by atoms with Crippen LogP contribution < -0.4 is 5.32 Å². The lowest BCUT2D eigenvalue weighted by Gasteiger charge is -2.43. The number of nitrogens with one attached hydrogen (secondary N) is 1. The van der Waals surface area contributed by atoms with E-state index in [1.54, 1.807) is 17.9 Å². The highest BCUT2D eigenvalue weighted by molar-refractivity contribution is 5.83. The zero-order valence-corrected chi connectivity index (χ0v) is 12.7. The van der Waals surface area contributed by atoms with Crippen LogP contribution in [0.25, 0.3) is 0 Å². The molecule has 1 saturated heterocycles. The summed E-state index contributed by atoms with van der Waals surface area (Å²) in [6, 6.07) is 0.684. The first-order valence-corrected chi connectivity index (χ1v) is 7.07. The molecule has 0 bridgehead atoms. The second-order valence-electron chi connectivity index (χ2n) is 6.13. The Bertz CT molecular complexity index is 538. The zero-order chi connectivity index (χ0) is 15.6. The SMILES string of the molecule is Cn1nccc1CNC(=O)N1CCCC(C)(C)C1C(=O)O. The van der Waals surface area contributed by atoms with Gasteiger partial charge in [0.05, 0.1) is 12.2 Å². The van der Waals surface area contributed by atoms with E-state index in [0.717, 1.165) is 18.5 Å². The third kappa shape index (κ3) is 3.17. The molecule has 1 atom stereocenters. The number of aliphatic carboxylic acids is 1. The summed E-state index contributed by atoms with van der Waals surface area (Å²) < 4.78 is 1.68. The van der Waals surface area contributed by atoms with Gasteiger partial charge >= 0.3 is 12.0 Å². The number of aryl methyl sites for hydroxylation is 1. The average Bonchev–Trinajstić information content (AvgIpc) is 2.79. The summed E-state index contributed by atoms with van der Waals surface area (Å²) >= 11 is 0. The molecule has 7 heteroatoms. The predicted octanol–water partition coefficient (Wildman–Crippen LogP) is 1.20. The van der Waals surface area contributed by atoms with Gasteiger partial charge in [0.2, 0.25) is 0 Å². The summed E-state index contributed by atoms with van der Waals surface area (Å²) in [6.45, 7) is 4.59. The Hall–Kier alpha value is -2.05. The Kier molecular flexibility index (Phi) is 4.20. The van der Waals surface area contributed by atoms with E-state index in [-0.39, 0.29) is 6.03 Å². The lowest BCUT2D eigenvalue weighted by molar-refractivity contribution is -0.148. The van der Waals surface area contributed by atoms with E-state index in [2.05, 4.69) is 10.4 Å². The highest BCUT2D eigenvalue weighted by Crippen LogP contribution is 2.35. The Morgan fingerprint density at radius 2 is 2.24 bits per heavy atom. The molecule has 2 heterocycles. The van der Waals surface area contributed by atoms with Crippen molar-refractivity contribution in [2.45, 2.75) is 39.3 Å². The molecular weight excluding hydrogens is 272 g/mol. The number of nitrogens with zero attached hydrogens (tertiary/aromatic N) is 3. The summed E-state index contributed by atoms with van der Waals surface area (Å²) in [4.78, 5) is 25.3. The molecule has 1 aliphatic rings. The van der Waals surface area contributed by atoms with Gasteiger partial charge in [-0.25, -0.2) is 9.59 Å². The van der Waals surface area contributed by atoms with Crippen LogP contribution in [0.15, 0.2) is 12.3 Å². The molecule has 1 aliphatic heterocycles. The minimum atomic E-state index is -0.949. The number of aromatic nitrogens is 2. The number of urea groups is 1. The maximum absolute atomic E-state index is 12.3. The van der Waals surface area contributed by atoms with Crippen LogP contribution in [0.2, 0.25) is 0 Å².